The van der Waals surface area contributed by atoms with E-state index < -0.39 is 15.8 Å². The van der Waals surface area contributed by atoms with Gasteiger partial charge in [-0.3, -0.25) is 9.78 Å². The molecule has 0 spiro atoms. The van der Waals surface area contributed by atoms with E-state index in [1.807, 2.05) is 6.07 Å². The zero-order chi connectivity index (χ0) is 18.7. The summed E-state index contributed by atoms with van der Waals surface area (Å²) in [6.45, 7) is 2.25. The van der Waals surface area contributed by atoms with Crippen molar-refractivity contribution >= 4 is 15.8 Å². The minimum atomic E-state index is -3.64. The van der Waals surface area contributed by atoms with Crippen molar-refractivity contribution < 1.29 is 17.6 Å². The fourth-order valence-corrected chi connectivity index (χ4v) is 5.07. The van der Waals surface area contributed by atoms with Crippen molar-refractivity contribution in [1.29, 1.82) is 0 Å². The van der Waals surface area contributed by atoms with E-state index in [0.29, 0.717) is 25.9 Å². The summed E-state index contributed by atoms with van der Waals surface area (Å²) in [4.78, 5) is 16.4. The van der Waals surface area contributed by atoms with Crippen LogP contribution in [0.1, 0.15) is 31.2 Å². The second kappa shape index (κ2) is 7.63. The average molecular weight is 376 g/mol. The molecule has 2 heterocycles. The molecule has 1 aromatic heterocycles. The summed E-state index contributed by atoms with van der Waals surface area (Å²) in [5.41, 5.74) is 0.875. The van der Waals surface area contributed by atoms with Gasteiger partial charge in [-0.05, 0) is 61.6 Å². The Hall–Kier alpha value is -2.12. The maximum absolute atomic E-state index is 13.0. The van der Waals surface area contributed by atoms with Crippen LogP contribution in [0, 0.1) is 11.7 Å². The minimum absolute atomic E-state index is 0.0674. The quantitative estimate of drug-likeness (QED) is 0.805. The second-order valence-electron chi connectivity index (χ2n) is 6.57. The number of benzene rings is 1. The lowest BCUT2D eigenvalue weighted by atomic mass is 9.79. The van der Waals surface area contributed by atoms with Crippen LogP contribution in [0.15, 0.2) is 53.7 Å². The highest BCUT2D eigenvalue weighted by molar-refractivity contribution is 7.89. The van der Waals surface area contributed by atoms with Gasteiger partial charge in [0.25, 0.3) is 0 Å². The Labute approximate surface area is 152 Å². The fourth-order valence-electron chi connectivity index (χ4n) is 3.60. The van der Waals surface area contributed by atoms with Gasteiger partial charge in [0.15, 0.2) is 0 Å². The normalized spacial score (nSPS) is 17.8. The molecule has 5 nitrogen and oxygen atoms in total. The standard InChI is InChI=1S/C19H21FN2O3S/c1-14(23)19(16-3-2-10-21-13-16)15-8-11-22(12-9-15)26(24,25)18-6-4-17(20)5-7-18/h2-7,10,13,15,19H,8-9,11-12H2,1H3. The Balaban J connectivity index is 1.74. The number of nitrogens with zero attached hydrogens (tertiary/aromatic N) is 2. The molecule has 1 atom stereocenters. The molecule has 1 aliphatic rings. The molecule has 0 radical (unpaired) electrons. The molecule has 1 saturated heterocycles. The molecule has 0 aliphatic carbocycles. The van der Waals surface area contributed by atoms with Crippen LogP contribution < -0.4 is 0 Å². The van der Waals surface area contributed by atoms with Crippen LogP contribution in [0.2, 0.25) is 0 Å². The topological polar surface area (TPSA) is 67.3 Å². The van der Waals surface area contributed by atoms with Gasteiger partial charge in [0.05, 0.1) is 4.90 Å². The second-order valence-corrected chi connectivity index (χ2v) is 8.51. The molecule has 7 heteroatoms. The number of carbonyl (C=O) groups excluding carboxylic acids is 1. The molecule has 0 amide bonds. The molecule has 138 valence electrons. The largest absolute Gasteiger partial charge is 0.299 e. The Morgan fingerprint density at radius 3 is 2.38 bits per heavy atom. The number of piperidine rings is 1. The number of hydrogen-bond acceptors (Lipinski definition) is 4. The Bertz CT molecular complexity index is 861. The number of ketones is 1. The first kappa shape index (κ1) is 18.7. The van der Waals surface area contributed by atoms with Gasteiger partial charge >= 0.3 is 0 Å². The van der Waals surface area contributed by atoms with E-state index in [1.165, 1.54) is 16.4 Å². The summed E-state index contributed by atoms with van der Waals surface area (Å²) < 4.78 is 39.9. The molecule has 1 aliphatic heterocycles. The van der Waals surface area contributed by atoms with Crippen molar-refractivity contribution in [1.82, 2.24) is 9.29 Å². The Morgan fingerprint density at radius 1 is 1.19 bits per heavy atom. The number of halogens is 1. The first-order chi connectivity index (χ1) is 12.4. The van der Waals surface area contributed by atoms with Gasteiger partial charge in [-0.15, -0.1) is 0 Å². The summed E-state index contributed by atoms with van der Waals surface area (Å²) in [5, 5.41) is 0. The molecule has 1 fully saturated rings. The molecule has 0 saturated carbocycles. The van der Waals surface area contributed by atoms with Gasteiger partial charge in [-0.25, -0.2) is 12.8 Å². The Morgan fingerprint density at radius 2 is 1.85 bits per heavy atom. The van der Waals surface area contributed by atoms with Crippen molar-refractivity contribution in [3.05, 3.63) is 60.2 Å². The van der Waals surface area contributed by atoms with Crippen molar-refractivity contribution in [3.8, 4) is 0 Å². The number of rotatable bonds is 5. The van der Waals surface area contributed by atoms with Crippen molar-refractivity contribution in [2.24, 2.45) is 5.92 Å². The molecular weight excluding hydrogens is 355 g/mol. The predicted octanol–water partition coefficient (Wildman–Crippen LogP) is 2.99. The lowest BCUT2D eigenvalue weighted by Crippen LogP contribution is -2.40. The van der Waals surface area contributed by atoms with Crippen LogP contribution in [0.25, 0.3) is 0 Å². The summed E-state index contributed by atoms with van der Waals surface area (Å²) >= 11 is 0. The van der Waals surface area contributed by atoms with Crippen LogP contribution in [0.4, 0.5) is 4.39 Å². The molecule has 26 heavy (non-hydrogen) atoms. The van der Waals surface area contributed by atoms with Crippen LogP contribution >= 0.6 is 0 Å². The molecule has 1 aromatic carbocycles. The van der Waals surface area contributed by atoms with Gasteiger partial charge in [-0.1, -0.05) is 6.07 Å². The highest BCUT2D eigenvalue weighted by Crippen LogP contribution is 2.34. The molecule has 0 N–H and O–H groups in total. The highest BCUT2D eigenvalue weighted by Gasteiger charge is 2.34. The van der Waals surface area contributed by atoms with Gasteiger partial charge in [0, 0.05) is 31.4 Å². The zero-order valence-electron chi connectivity index (χ0n) is 14.5. The molecular formula is C19H21FN2O3S. The number of aromatic nitrogens is 1. The number of sulfonamides is 1. The Kier molecular flexibility index (Phi) is 5.48. The molecule has 2 aromatic rings. The SMILES string of the molecule is CC(=O)C(c1cccnc1)C1CCN(S(=O)(=O)c2ccc(F)cc2)CC1. The van der Waals surface area contributed by atoms with Crippen LogP contribution in [-0.2, 0) is 14.8 Å². The number of pyridine rings is 1. The van der Waals surface area contributed by atoms with E-state index in [0.717, 1.165) is 17.7 Å². The van der Waals surface area contributed by atoms with Crippen molar-refractivity contribution in [2.45, 2.75) is 30.6 Å². The number of Topliss-reactive ketones (excluding diaryl/α,β-unsaturated/α-hetero) is 1. The number of carbonyl (C=O) groups is 1. The third-order valence-corrected chi connectivity index (χ3v) is 6.82. The van der Waals surface area contributed by atoms with Crippen molar-refractivity contribution in [2.75, 3.05) is 13.1 Å². The third-order valence-electron chi connectivity index (χ3n) is 4.90. The van der Waals surface area contributed by atoms with E-state index in [-0.39, 0.29) is 22.5 Å². The van der Waals surface area contributed by atoms with Crippen LogP contribution in [0.5, 0.6) is 0 Å². The van der Waals surface area contributed by atoms with E-state index >= 15 is 0 Å². The summed E-state index contributed by atoms with van der Waals surface area (Å²) in [6.07, 6.45) is 4.56. The molecule has 3 rings (SSSR count). The summed E-state index contributed by atoms with van der Waals surface area (Å²) in [7, 11) is -3.64. The first-order valence-electron chi connectivity index (χ1n) is 8.55. The monoisotopic (exact) mass is 376 g/mol. The van der Waals surface area contributed by atoms with E-state index in [4.69, 9.17) is 0 Å². The minimum Gasteiger partial charge on any atom is -0.299 e. The predicted molar refractivity (Wildman–Crippen MR) is 95.5 cm³/mol. The van der Waals surface area contributed by atoms with E-state index in [2.05, 4.69) is 4.98 Å². The lowest BCUT2D eigenvalue weighted by molar-refractivity contribution is -0.119. The zero-order valence-corrected chi connectivity index (χ0v) is 15.3. The lowest BCUT2D eigenvalue weighted by Gasteiger charge is -2.34. The maximum atomic E-state index is 13.0. The fraction of sp³-hybridized carbons (Fsp3) is 0.368. The van der Waals surface area contributed by atoms with Crippen molar-refractivity contribution in [3.63, 3.8) is 0 Å². The van der Waals surface area contributed by atoms with Gasteiger partial charge in [0.1, 0.15) is 11.6 Å². The maximum Gasteiger partial charge on any atom is 0.243 e. The average Bonchev–Trinajstić information content (AvgIpc) is 2.63. The van der Waals surface area contributed by atoms with E-state index in [1.54, 1.807) is 25.4 Å². The molecule has 0 bridgehead atoms. The highest BCUT2D eigenvalue weighted by atomic mass is 32.2. The summed E-state index contributed by atoms with van der Waals surface area (Å²) in [5.74, 6) is -0.586. The summed E-state index contributed by atoms with van der Waals surface area (Å²) in [6, 6.07) is 8.55. The van der Waals surface area contributed by atoms with Gasteiger partial charge in [0.2, 0.25) is 10.0 Å². The first-order valence-corrected chi connectivity index (χ1v) is 9.99. The van der Waals surface area contributed by atoms with Gasteiger partial charge in [-0.2, -0.15) is 4.31 Å². The van der Waals surface area contributed by atoms with Crippen LogP contribution in [-0.4, -0.2) is 36.6 Å². The third kappa shape index (κ3) is 3.83. The van der Waals surface area contributed by atoms with Crippen LogP contribution in [0.3, 0.4) is 0 Å². The van der Waals surface area contributed by atoms with E-state index in [9.17, 15) is 17.6 Å². The van der Waals surface area contributed by atoms with Gasteiger partial charge < -0.3 is 0 Å². The molecule has 1 unspecified atom stereocenters. The number of hydrogen-bond donors (Lipinski definition) is 0. The smallest absolute Gasteiger partial charge is 0.243 e.